The van der Waals surface area contributed by atoms with E-state index in [9.17, 15) is 4.79 Å². The van der Waals surface area contributed by atoms with Crippen molar-refractivity contribution in [1.29, 1.82) is 0 Å². The van der Waals surface area contributed by atoms with Gasteiger partial charge in [-0.1, -0.05) is 15.9 Å². The van der Waals surface area contributed by atoms with Crippen molar-refractivity contribution in [1.82, 2.24) is 4.90 Å². The smallest absolute Gasteiger partial charge is 0.222 e. The summed E-state index contributed by atoms with van der Waals surface area (Å²) < 4.78 is 6.69. The molecule has 19 heavy (non-hydrogen) atoms. The predicted octanol–water partition coefficient (Wildman–Crippen LogP) is 2.72. The van der Waals surface area contributed by atoms with E-state index in [-0.39, 0.29) is 11.9 Å². The van der Waals surface area contributed by atoms with Gasteiger partial charge in [0.05, 0.1) is 6.61 Å². The Morgan fingerprint density at radius 1 is 1.47 bits per heavy atom. The molecule has 0 saturated heterocycles. The fourth-order valence-electron chi connectivity index (χ4n) is 1.64. The maximum atomic E-state index is 11.4. The van der Waals surface area contributed by atoms with Crippen molar-refractivity contribution in [2.45, 2.75) is 25.8 Å². The maximum absolute atomic E-state index is 11.4. The Balaban J connectivity index is 2.52. The molecule has 4 nitrogen and oxygen atoms in total. The van der Waals surface area contributed by atoms with Gasteiger partial charge >= 0.3 is 0 Å². The first-order chi connectivity index (χ1) is 8.91. The van der Waals surface area contributed by atoms with Crippen molar-refractivity contribution in [3.63, 3.8) is 0 Å². The minimum absolute atomic E-state index is 0.0871. The molecule has 0 saturated carbocycles. The van der Waals surface area contributed by atoms with Gasteiger partial charge in [0.1, 0.15) is 5.75 Å². The van der Waals surface area contributed by atoms with Crippen molar-refractivity contribution in [2.75, 3.05) is 20.7 Å². The van der Waals surface area contributed by atoms with Crippen LogP contribution in [0.1, 0.15) is 31.4 Å². The molecule has 1 rings (SSSR count). The summed E-state index contributed by atoms with van der Waals surface area (Å²) in [5, 5.41) is 0. The Hall–Kier alpha value is -1.07. The van der Waals surface area contributed by atoms with Crippen LogP contribution in [0.3, 0.4) is 0 Å². The third kappa shape index (κ3) is 5.20. The average molecular weight is 329 g/mol. The molecule has 0 aliphatic rings. The summed E-state index contributed by atoms with van der Waals surface area (Å²) in [5.41, 5.74) is 6.88. The van der Waals surface area contributed by atoms with Crippen LogP contribution in [-0.4, -0.2) is 31.5 Å². The molecule has 0 aromatic heterocycles. The highest BCUT2D eigenvalue weighted by Crippen LogP contribution is 2.27. The fraction of sp³-hybridized carbons (Fsp3) is 0.500. The first-order valence-corrected chi connectivity index (χ1v) is 7.09. The van der Waals surface area contributed by atoms with Crippen molar-refractivity contribution < 1.29 is 9.53 Å². The van der Waals surface area contributed by atoms with Gasteiger partial charge in [-0.2, -0.15) is 0 Å². The SMILES string of the molecule is C[C@H](N)c1cc(Br)ccc1OCCCC(=O)N(C)C. The summed E-state index contributed by atoms with van der Waals surface area (Å²) in [6.07, 6.45) is 1.20. The van der Waals surface area contributed by atoms with Gasteiger partial charge in [-0.15, -0.1) is 0 Å². The highest BCUT2D eigenvalue weighted by Gasteiger charge is 2.09. The van der Waals surface area contributed by atoms with Crippen LogP contribution < -0.4 is 10.5 Å². The van der Waals surface area contributed by atoms with Crippen LogP contribution in [0, 0.1) is 0 Å². The fourth-order valence-corrected chi connectivity index (χ4v) is 2.01. The van der Waals surface area contributed by atoms with E-state index in [0.717, 1.165) is 15.8 Å². The van der Waals surface area contributed by atoms with Crippen LogP contribution in [-0.2, 0) is 4.79 Å². The Labute approximate surface area is 123 Å². The lowest BCUT2D eigenvalue weighted by Crippen LogP contribution is -2.21. The lowest BCUT2D eigenvalue weighted by Gasteiger charge is -2.15. The van der Waals surface area contributed by atoms with E-state index < -0.39 is 0 Å². The molecular weight excluding hydrogens is 308 g/mol. The van der Waals surface area contributed by atoms with Gasteiger partial charge in [0.15, 0.2) is 0 Å². The number of nitrogens with zero attached hydrogens (tertiary/aromatic N) is 1. The molecule has 1 aromatic carbocycles. The Kier molecular flexibility index (Phi) is 6.31. The van der Waals surface area contributed by atoms with Gasteiger partial charge in [-0.25, -0.2) is 0 Å². The quantitative estimate of drug-likeness (QED) is 0.817. The topological polar surface area (TPSA) is 55.6 Å². The lowest BCUT2D eigenvalue weighted by atomic mass is 10.1. The molecule has 0 spiro atoms. The summed E-state index contributed by atoms with van der Waals surface area (Å²) in [6.45, 7) is 2.44. The van der Waals surface area contributed by atoms with Gasteiger partial charge in [-0.05, 0) is 31.5 Å². The second kappa shape index (κ2) is 7.50. The van der Waals surface area contributed by atoms with E-state index in [1.807, 2.05) is 25.1 Å². The van der Waals surface area contributed by atoms with E-state index in [4.69, 9.17) is 10.5 Å². The number of rotatable bonds is 6. The number of ether oxygens (including phenoxy) is 1. The van der Waals surface area contributed by atoms with Crippen LogP contribution in [0.2, 0.25) is 0 Å². The van der Waals surface area contributed by atoms with Crippen LogP contribution in [0.25, 0.3) is 0 Å². The Morgan fingerprint density at radius 2 is 2.16 bits per heavy atom. The molecule has 0 aliphatic heterocycles. The molecule has 0 unspecified atom stereocenters. The van der Waals surface area contributed by atoms with Crippen molar-refractivity contribution in [2.24, 2.45) is 5.73 Å². The first-order valence-electron chi connectivity index (χ1n) is 6.29. The lowest BCUT2D eigenvalue weighted by molar-refractivity contribution is -0.128. The van der Waals surface area contributed by atoms with Crippen molar-refractivity contribution >= 4 is 21.8 Å². The standard InChI is InChI=1S/C14H21BrN2O2/c1-10(16)12-9-11(15)6-7-13(12)19-8-4-5-14(18)17(2)3/h6-7,9-10H,4-5,8,16H2,1-3H3/t10-/m0/s1. The van der Waals surface area contributed by atoms with E-state index >= 15 is 0 Å². The molecule has 2 N–H and O–H groups in total. The first kappa shape index (κ1) is 16.0. The van der Waals surface area contributed by atoms with Gasteiger partial charge in [-0.3, -0.25) is 4.79 Å². The molecule has 0 fully saturated rings. The minimum Gasteiger partial charge on any atom is -0.493 e. The molecule has 106 valence electrons. The Bertz CT molecular complexity index is 433. The number of carbonyl (C=O) groups excluding carboxylic acids is 1. The minimum atomic E-state index is -0.0871. The zero-order valence-corrected chi connectivity index (χ0v) is 13.2. The summed E-state index contributed by atoms with van der Waals surface area (Å²) in [6, 6.07) is 5.70. The van der Waals surface area contributed by atoms with Gasteiger partial charge in [0.25, 0.3) is 0 Å². The molecule has 0 bridgehead atoms. The maximum Gasteiger partial charge on any atom is 0.222 e. The second-order valence-corrected chi connectivity index (χ2v) is 5.63. The summed E-state index contributed by atoms with van der Waals surface area (Å²) in [4.78, 5) is 13.0. The molecule has 1 atom stereocenters. The summed E-state index contributed by atoms with van der Waals surface area (Å²) in [7, 11) is 3.51. The van der Waals surface area contributed by atoms with Crippen LogP contribution in [0.4, 0.5) is 0 Å². The second-order valence-electron chi connectivity index (χ2n) is 4.71. The number of benzene rings is 1. The summed E-state index contributed by atoms with van der Waals surface area (Å²) in [5.74, 6) is 0.905. The van der Waals surface area contributed by atoms with Gasteiger partial charge in [0.2, 0.25) is 5.91 Å². The monoisotopic (exact) mass is 328 g/mol. The number of carbonyl (C=O) groups is 1. The number of hydrogen-bond acceptors (Lipinski definition) is 3. The van der Waals surface area contributed by atoms with Crippen molar-refractivity contribution in [3.05, 3.63) is 28.2 Å². The third-order valence-corrected chi connectivity index (χ3v) is 3.25. The Morgan fingerprint density at radius 3 is 2.74 bits per heavy atom. The average Bonchev–Trinajstić information content (AvgIpc) is 2.35. The van der Waals surface area contributed by atoms with E-state index in [0.29, 0.717) is 19.4 Å². The van der Waals surface area contributed by atoms with Crippen LogP contribution in [0.15, 0.2) is 22.7 Å². The molecule has 0 heterocycles. The number of amides is 1. The van der Waals surface area contributed by atoms with Crippen LogP contribution >= 0.6 is 15.9 Å². The van der Waals surface area contributed by atoms with E-state index in [2.05, 4.69) is 15.9 Å². The molecule has 1 aromatic rings. The largest absolute Gasteiger partial charge is 0.493 e. The van der Waals surface area contributed by atoms with Crippen molar-refractivity contribution in [3.8, 4) is 5.75 Å². The predicted molar refractivity (Wildman–Crippen MR) is 80.2 cm³/mol. The van der Waals surface area contributed by atoms with Gasteiger partial charge < -0.3 is 15.4 Å². The molecule has 5 heteroatoms. The zero-order chi connectivity index (χ0) is 14.4. The molecule has 1 amide bonds. The number of nitrogens with two attached hydrogens (primary N) is 1. The van der Waals surface area contributed by atoms with Crippen LogP contribution in [0.5, 0.6) is 5.75 Å². The van der Waals surface area contributed by atoms with E-state index in [1.165, 1.54) is 0 Å². The zero-order valence-electron chi connectivity index (χ0n) is 11.6. The van der Waals surface area contributed by atoms with E-state index in [1.54, 1.807) is 19.0 Å². The molecular formula is C14H21BrN2O2. The highest BCUT2D eigenvalue weighted by atomic mass is 79.9. The molecule has 0 aliphatic carbocycles. The molecule has 0 radical (unpaired) electrons. The normalized spacial score (nSPS) is 12.1. The summed E-state index contributed by atoms with van der Waals surface area (Å²) >= 11 is 3.42. The highest BCUT2D eigenvalue weighted by molar-refractivity contribution is 9.10. The third-order valence-electron chi connectivity index (χ3n) is 2.75. The number of hydrogen-bond donors (Lipinski definition) is 1. The number of halogens is 1. The van der Waals surface area contributed by atoms with Gasteiger partial charge in [0, 0.05) is 36.6 Å².